The first-order chi connectivity index (χ1) is 15.1. The van der Waals surface area contributed by atoms with Crippen molar-refractivity contribution in [1.29, 1.82) is 0 Å². The van der Waals surface area contributed by atoms with Crippen LogP contribution in [-0.4, -0.2) is 32.7 Å². The molecular formula is C22H22Cl2FN5O2. The van der Waals surface area contributed by atoms with Crippen LogP contribution in [0.15, 0.2) is 54.7 Å². The van der Waals surface area contributed by atoms with E-state index in [9.17, 15) is 14.3 Å². The van der Waals surface area contributed by atoms with E-state index < -0.39 is 17.4 Å². The van der Waals surface area contributed by atoms with Crippen LogP contribution in [0.1, 0.15) is 20.8 Å². The number of rotatable bonds is 6. The maximum absolute atomic E-state index is 13.5. The highest BCUT2D eigenvalue weighted by atomic mass is 35.5. The van der Waals surface area contributed by atoms with Crippen molar-refractivity contribution in [1.82, 2.24) is 9.97 Å². The number of hydrogen-bond acceptors (Lipinski definition) is 5. The Morgan fingerprint density at radius 3 is 2.50 bits per heavy atom. The molecule has 0 bridgehead atoms. The fourth-order valence-electron chi connectivity index (χ4n) is 2.63. The maximum atomic E-state index is 13.5. The van der Waals surface area contributed by atoms with E-state index >= 15 is 0 Å². The van der Waals surface area contributed by atoms with Gasteiger partial charge in [-0.15, -0.1) is 0 Å². The van der Waals surface area contributed by atoms with E-state index in [1.54, 1.807) is 39.0 Å². The van der Waals surface area contributed by atoms with Crippen molar-refractivity contribution < 1.29 is 14.3 Å². The highest BCUT2D eigenvalue weighted by Gasteiger charge is 2.25. The van der Waals surface area contributed by atoms with Gasteiger partial charge in [-0.25, -0.2) is 19.1 Å². The van der Waals surface area contributed by atoms with Crippen LogP contribution in [0.2, 0.25) is 10.0 Å². The number of amides is 2. The second-order valence-corrected chi connectivity index (χ2v) is 8.39. The van der Waals surface area contributed by atoms with Gasteiger partial charge in [0.15, 0.2) is 0 Å². The molecule has 0 spiro atoms. The largest absolute Gasteiger partial charge is 0.388 e. The van der Waals surface area contributed by atoms with Crippen molar-refractivity contribution in [2.45, 2.75) is 32.4 Å². The number of hydrogen-bond donors (Lipinski definition) is 3. The number of nitrogens with one attached hydrogen (secondary N) is 2. The fraction of sp³-hybridized carbons (Fsp3) is 0.227. The molecule has 0 radical (unpaired) electrons. The predicted molar refractivity (Wildman–Crippen MR) is 125 cm³/mol. The lowest BCUT2D eigenvalue weighted by molar-refractivity contribution is 0.0646. The Hall–Kier alpha value is -2.94. The lowest BCUT2D eigenvalue weighted by atomic mass is 10.0. The van der Waals surface area contributed by atoms with Gasteiger partial charge in [0, 0.05) is 12.3 Å². The summed E-state index contributed by atoms with van der Waals surface area (Å²) in [6, 6.07) is 10.8. The molecule has 2 amide bonds. The molecule has 3 rings (SSSR count). The van der Waals surface area contributed by atoms with E-state index in [1.165, 1.54) is 41.4 Å². The highest BCUT2D eigenvalue weighted by Crippen LogP contribution is 2.31. The van der Waals surface area contributed by atoms with Crippen LogP contribution in [0.3, 0.4) is 0 Å². The van der Waals surface area contributed by atoms with Gasteiger partial charge in [0.05, 0.1) is 33.1 Å². The Bertz CT molecular complexity index is 1110. The molecule has 10 heteroatoms. The Morgan fingerprint density at radius 2 is 1.84 bits per heavy atom. The first-order valence-electron chi connectivity index (χ1n) is 9.69. The van der Waals surface area contributed by atoms with Crippen LogP contribution in [-0.2, 0) is 0 Å². The molecule has 0 aliphatic carbocycles. The lowest BCUT2D eigenvalue weighted by Crippen LogP contribution is -2.40. The zero-order valence-corrected chi connectivity index (χ0v) is 19.1. The summed E-state index contributed by atoms with van der Waals surface area (Å²) in [5.74, 6) is -0.0263. The third-order valence-corrected chi connectivity index (χ3v) is 5.58. The molecule has 0 fully saturated rings. The van der Waals surface area contributed by atoms with Gasteiger partial charge in [-0.05, 0) is 57.2 Å². The minimum Gasteiger partial charge on any atom is -0.388 e. The van der Waals surface area contributed by atoms with E-state index in [0.29, 0.717) is 11.4 Å². The predicted octanol–water partition coefficient (Wildman–Crippen LogP) is 5.86. The summed E-state index contributed by atoms with van der Waals surface area (Å²) in [5, 5.41) is 16.4. The van der Waals surface area contributed by atoms with Crippen LogP contribution in [0.4, 0.5) is 32.3 Å². The molecule has 0 saturated heterocycles. The summed E-state index contributed by atoms with van der Waals surface area (Å²) in [7, 11) is 0. The molecular weight excluding hydrogens is 456 g/mol. The summed E-state index contributed by atoms with van der Waals surface area (Å²) in [4.78, 5) is 23.1. The number of nitrogens with zero attached hydrogens (tertiary/aromatic N) is 3. The monoisotopic (exact) mass is 477 g/mol. The zero-order valence-electron chi connectivity index (χ0n) is 17.6. The number of halogens is 3. The zero-order chi connectivity index (χ0) is 23.5. The molecule has 1 atom stereocenters. The van der Waals surface area contributed by atoms with Gasteiger partial charge in [-0.3, -0.25) is 0 Å². The molecule has 32 heavy (non-hydrogen) atoms. The molecule has 3 N–H and O–H groups in total. The number of anilines is 4. The first-order valence-corrected chi connectivity index (χ1v) is 10.4. The number of benzene rings is 2. The van der Waals surface area contributed by atoms with E-state index in [-0.39, 0.29) is 27.9 Å². The van der Waals surface area contributed by atoms with Gasteiger partial charge in [0.25, 0.3) is 0 Å². The lowest BCUT2D eigenvalue weighted by Gasteiger charge is -2.27. The van der Waals surface area contributed by atoms with Crippen molar-refractivity contribution in [2.75, 3.05) is 15.5 Å². The van der Waals surface area contributed by atoms with Gasteiger partial charge >= 0.3 is 6.03 Å². The van der Waals surface area contributed by atoms with Crippen LogP contribution in [0.5, 0.6) is 0 Å². The van der Waals surface area contributed by atoms with E-state index in [1.807, 2.05) is 0 Å². The van der Waals surface area contributed by atoms with E-state index in [2.05, 4.69) is 20.6 Å². The molecule has 168 valence electrons. The second-order valence-electron chi connectivity index (χ2n) is 7.60. The first kappa shape index (κ1) is 23.7. The molecule has 2 aromatic carbocycles. The number of aromatic nitrogens is 2. The molecule has 3 aromatic rings. The van der Waals surface area contributed by atoms with Crippen molar-refractivity contribution in [3.63, 3.8) is 0 Å². The minimum absolute atomic E-state index is 0.186. The van der Waals surface area contributed by atoms with Gasteiger partial charge in [0.1, 0.15) is 11.6 Å². The number of carbonyl (C=O) groups is 1. The third kappa shape index (κ3) is 5.64. The standard InChI is InChI=1S/C22H22Cl2FN5O2/c1-13(22(2,3)32)27-20-26-12-11-18(29-20)30(15-9-7-14(25)8-10-15)21(31)28-17-6-4-5-16(23)19(17)24/h4-13,32H,1-3H3,(H,28,31)(H,26,27,29). The second kappa shape index (κ2) is 9.68. The number of aliphatic hydroxyl groups is 1. The molecule has 7 nitrogen and oxygen atoms in total. The number of urea groups is 1. The molecule has 0 aliphatic rings. The van der Waals surface area contributed by atoms with Crippen LogP contribution >= 0.6 is 23.2 Å². The topological polar surface area (TPSA) is 90.4 Å². The molecule has 0 aliphatic heterocycles. The van der Waals surface area contributed by atoms with Gasteiger partial charge in [0.2, 0.25) is 5.95 Å². The normalized spacial score (nSPS) is 12.2. The average molecular weight is 478 g/mol. The molecule has 1 unspecified atom stereocenters. The summed E-state index contributed by atoms with van der Waals surface area (Å²) < 4.78 is 13.5. The average Bonchev–Trinajstić information content (AvgIpc) is 2.73. The van der Waals surface area contributed by atoms with E-state index in [4.69, 9.17) is 23.2 Å². The van der Waals surface area contributed by atoms with Crippen molar-refractivity contribution in [3.8, 4) is 0 Å². The maximum Gasteiger partial charge on any atom is 0.332 e. The molecule has 1 heterocycles. The smallest absolute Gasteiger partial charge is 0.332 e. The molecule has 1 aromatic heterocycles. The Morgan fingerprint density at radius 1 is 1.16 bits per heavy atom. The van der Waals surface area contributed by atoms with Crippen molar-refractivity contribution in [2.24, 2.45) is 0 Å². The van der Waals surface area contributed by atoms with E-state index in [0.717, 1.165) is 0 Å². The molecule has 0 saturated carbocycles. The van der Waals surface area contributed by atoms with Crippen molar-refractivity contribution >= 4 is 52.4 Å². The van der Waals surface area contributed by atoms with Crippen LogP contribution in [0.25, 0.3) is 0 Å². The SMILES string of the molecule is CC(Nc1nccc(N(C(=O)Nc2cccc(Cl)c2Cl)c2ccc(F)cc2)n1)C(C)(C)O. The van der Waals surface area contributed by atoms with Gasteiger partial charge in [-0.2, -0.15) is 4.98 Å². The van der Waals surface area contributed by atoms with Gasteiger partial charge < -0.3 is 15.7 Å². The summed E-state index contributed by atoms with van der Waals surface area (Å²) in [6.07, 6.45) is 1.47. The minimum atomic E-state index is -1.03. The van der Waals surface area contributed by atoms with Crippen LogP contribution in [0, 0.1) is 5.82 Å². The number of carbonyl (C=O) groups excluding carboxylic acids is 1. The van der Waals surface area contributed by atoms with Gasteiger partial charge in [-0.1, -0.05) is 29.3 Å². The third-order valence-electron chi connectivity index (χ3n) is 4.76. The Kier molecular flexibility index (Phi) is 7.18. The fourth-order valence-corrected chi connectivity index (χ4v) is 2.98. The summed E-state index contributed by atoms with van der Waals surface area (Å²) >= 11 is 12.3. The Balaban J connectivity index is 1.98. The van der Waals surface area contributed by atoms with Crippen molar-refractivity contribution in [3.05, 3.63) is 70.6 Å². The highest BCUT2D eigenvalue weighted by molar-refractivity contribution is 6.44. The van der Waals surface area contributed by atoms with Crippen LogP contribution < -0.4 is 15.5 Å². The summed E-state index contributed by atoms with van der Waals surface area (Å²) in [6.45, 7) is 5.09. The Labute approximate surface area is 195 Å². The summed E-state index contributed by atoms with van der Waals surface area (Å²) in [5.41, 5.74) is -0.363. The quantitative estimate of drug-likeness (QED) is 0.413.